The zero-order valence-electron chi connectivity index (χ0n) is 20.5. The molecule has 0 saturated carbocycles. The molecule has 1 atom stereocenters. The van der Waals surface area contributed by atoms with Crippen molar-refractivity contribution in [2.45, 2.75) is 50.8 Å². The van der Waals surface area contributed by atoms with Gasteiger partial charge in [0.2, 0.25) is 0 Å². The Morgan fingerprint density at radius 3 is 2.39 bits per heavy atom. The van der Waals surface area contributed by atoms with E-state index in [1.165, 1.54) is 18.3 Å². The summed E-state index contributed by atoms with van der Waals surface area (Å²) in [5, 5.41) is 10.9. The van der Waals surface area contributed by atoms with Gasteiger partial charge in [0, 0.05) is 36.7 Å². The van der Waals surface area contributed by atoms with Crippen molar-refractivity contribution in [1.82, 2.24) is 9.55 Å². The Balaban J connectivity index is 1.04. The normalized spacial score (nSPS) is 18.1. The molecule has 9 nitrogen and oxygen atoms in total. The van der Waals surface area contributed by atoms with E-state index in [1.54, 1.807) is 4.57 Å². The summed E-state index contributed by atoms with van der Waals surface area (Å²) in [5.41, 5.74) is 1.14. The van der Waals surface area contributed by atoms with Gasteiger partial charge in [0.1, 0.15) is 24.7 Å². The lowest BCUT2D eigenvalue weighted by Crippen LogP contribution is -2.37. The number of rotatable bonds is 8. The summed E-state index contributed by atoms with van der Waals surface area (Å²) in [6, 6.07) is 13.1. The molecular weight excluding hydrogens is 505 g/mol. The fourth-order valence-electron chi connectivity index (χ4n) is 4.56. The standard InChI is InChI=1S/C26H27F3N4O5/c27-26(28,29)19-3-1-18(2-4-19)16-36-22-9-12-31(13-10-22)20-5-7-21(8-6-20)37-17-23-11-14-32-15-24(33(34)35)30-25(32)38-23/h1-8,15,22-23H,9-14,16-17H2. The number of halogens is 3. The molecule has 0 radical (unpaired) electrons. The SMILES string of the molecule is O=[N+]([O-])c1cn2c(n1)OC(COc1ccc(N3CCC(OCc4ccc(C(F)(F)F)cc4)CC3)cc1)CC2. The summed E-state index contributed by atoms with van der Waals surface area (Å²) in [6.45, 7) is 2.80. The molecule has 3 aromatic rings. The van der Waals surface area contributed by atoms with Crippen molar-refractivity contribution in [3.05, 3.63) is 76.0 Å². The van der Waals surface area contributed by atoms with E-state index in [-0.39, 0.29) is 24.0 Å². The van der Waals surface area contributed by atoms with E-state index in [4.69, 9.17) is 14.2 Å². The van der Waals surface area contributed by atoms with Gasteiger partial charge >= 0.3 is 18.0 Å². The van der Waals surface area contributed by atoms with Gasteiger partial charge in [0.05, 0.1) is 18.3 Å². The van der Waals surface area contributed by atoms with E-state index >= 15 is 0 Å². The lowest BCUT2D eigenvalue weighted by atomic mass is 10.1. The monoisotopic (exact) mass is 532 g/mol. The molecular formula is C26H27F3N4O5. The van der Waals surface area contributed by atoms with Crippen molar-refractivity contribution < 1.29 is 32.3 Å². The van der Waals surface area contributed by atoms with Crippen LogP contribution in [0.3, 0.4) is 0 Å². The second kappa shape index (κ2) is 10.9. The fraction of sp³-hybridized carbons (Fsp3) is 0.423. The molecule has 0 spiro atoms. The number of imidazole rings is 1. The smallest absolute Gasteiger partial charge is 0.416 e. The number of benzene rings is 2. The first-order chi connectivity index (χ1) is 18.2. The summed E-state index contributed by atoms with van der Waals surface area (Å²) < 4.78 is 57.3. The lowest BCUT2D eigenvalue weighted by Gasteiger charge is -2.33. The molecule has 2 aromatic carbocycles. The van der Waals surface area contributed by atoms with Gasteiger partial charge in [-0.25, -0.2) is 0 Å². The maximum absolute atomic E-state index is 12.7. The highest BCUT2D eigenvalue weighted by Gasteiger charge is 2.30. The van der Waals surface area contributed by atoms with E-state index in [1.807, 2.05) is 24.3 Å². The Labute approximate surface area is 216 Å². The van der Waals surface area contributed by atoms with Gasteiger partial charge in [-0.05, 0) is 59.7 Å². The van der Waals surface area contributed by atoms with E-state index in [9.17, 15) is 23.3 Å². The highest BCUT2D eigenvalue weighted by Crippen LogP contribution is 2.30. The predicted octanol–water partition coefficient (Wildman–Crippen LogP) is 5.23. The minimum atomic E-state index is -4.33. The summed E-state index contributed by atoms with van der Waals surface area (Å²) in [7, 11) is 0. The minimum absolute atomic E-state index is 0.0590. The molecule has 1 unspecified atom stereocenters. The number of fused-ring (bicyclic) bond motifs is 1. The van der Waals surface area contributed by atoms with E-state index in [0.717, 1.165) is 49.3 Å². The Bertz CT molecular complexity index is 1240. The fourth-order valence-corrected chi connectivity index (χ4v) is 4.56. The summed E-state index contributed by atoms with van der Waals surface area (Å²) in [6.07, 6.45) is -0.834. The topological polar surface area (TPSA) is 91.9 Å². The average molecular weight is 533 g/mol. The van der Waals surface area contributed by atoms with Crippen LogP contribution in [0, 0.1) is 10.1 Å². The summed E-state index contributed by atoms with van der Waals surface area (Å²) in [4.78, 5) is 16.5. The largest absolute Gasteiger partial charge is 0.490 e. The van der Waals surface area contributed by atoms with Gasteiger partial charge in [-0.2, -0.15) is 13.2 Å². The third-order valence-electron chi connectivity index (χ3n) is 6.73. The van der Waals surface area contributed by atoms with Gasteiger partial charge in [-0.1, -0.05) is 12.1 Å². The number of anilines is 1. The number of nitro groups is 1. The molecule has 0 aliphatic carbocycles. The van der Waals surface area contributed by atoms with Crippen molar-refractivity contribution in [2.24, 2.45) is 0 Å². The van der Waals surface area contributed by atoms with Crippen molar-refractivity contribution >= 4 is 11.5 Å². The van der Waals surface area contributed by atoms with E-state index in [2.05, 4.69) is 9.88 Å². The molecule has 2 aliphatic heterocycles. The van der Waals surface area contributed by atoms with Crippen molar-refractivity contribution in [2.75, 3.05) is 24.6 Å². The van der Waals surface area contributed by atoms with Crippen LogP contribution >= 0.6 is 0 Å². The number of ether oxygens (including phenoxy) is 3. The highest BCUT2D eigenvalue weighted by atomic mass is 19.4. The highest BCUT2D eigenvalue weighted by molar-refractivity contribution is 5.49. The van der Waals surface area contributed by atoms with Gasteiger partial charge in [-0.3, -0.25) is 4.57 Å². The minimum Gasteiger partial charge on any atom is -0.490 e. The zero-order chi connectivity index (χ0) is 26.7. The molecule has 1 saturated heterocycles. The Morgan fingerprint density at radius 1 is 1.03 bits per heavy atom. The second-order valence-corrected chi connectivity index (χ2v) is 9.36. The molecule has 3 heterocycles. The Hall–Kier alpha value is -3.80. The molecule has 12 heteroatoms. The molecule has 0 N–H and O–H groups in total. The van der Waals surface area contributed by atoms with Crippen LogP contribution in [0.5, 0.6) is 11.8 Å². The molecule has 1 fully saturated rings. The molecule has 1 aromatic heterocycles. The third-order valence-corrected chi connectivity index (χ3v) is 6.73. The molecule has 0 bridgehead atoms. The number of hydrogen-bond acceptors (Lipinski definition) is 7. The van der Waals surface area contributed by atoms with Crippen LogP contribution in [-0.4, -0.2) is 46.4 Å². The summed E-state index contributed by atoms with van der Waals surface area (Å²) in [5.74, 6) is 0.471. The van der Waals surface area contributed by atoms with Crippen LogP contribution in [0.2, 0.25) is 0 Å². The van der Waals surface area contributed by atoms with Crippen LogP contribution in [-0.2, 0) is 24.1 Å². The van der Waals surface area contributed by atoms with Gasteiger partial charge in [0.25, 0.3) is 0 Å². The number of hydrogen-bond donors (Lipinski definition) is 0. The first-order valence-electron chi connectivity index (χ1n) is 12.4. The van der Waals surface area contributed by atoms with Gasteiger partial charge < -0.3 is 29.2 Å². The lowest BCUT2D eigenvalue weighted by molar-refractivity contribution is -0.389. The second-order valence-electron chi connectivity index (χ2n) is 9.36. The quantitative estimate of drug-likeness (QED) is 0.290. The zero-order valence-corrected chi connectivity index (χ0v) is 20.5. The van der Waals surface area contributed by atoms with Crippen LogP contribution in [0.25, 0.3) is 0 Å². The number of aromatic nitrogens is 2. The molecule has 2 aliphatic rings. The third kappa shape index (κ3) is 6.18. The average Bonchev–Trinajstić information content (AvgIpc) is 3.35. The van der Waals surface area contributed by atoms with Gasteiger partial charge in [0.15, 0.2) is 0 Å². The molecule has 38 heavy (non-hydrogen) atoms. The van der Waals surface area contributed by atoms with Gasteiger partial charge in [-0.15, -0.1) is 0 Å². The summed E-state index contributed by atoms with van der Waals surface area (Å²) >= 11 is 0. The van der Waals surface area contributed by atoms with E-state index < -0.39 is 16.7 Å². The Kier molecular flexibility index (Phi) is 7.41. The first-order valence-corrected chi connectivity index (χ1v) is 12.4. The number of alkyl halides is 3. The van der Waals surface area contributed by atoms with Crippen molar-refractivity contribution in [1.29, 1.82) is 0 Å². The van der Waals surface area contributed by atoms with Crippen LogP contribution in [0.15, 0.2) is 54.7 Å². The number of piperidine rings is 1. The van der Waals surface area contributed by atoms with Crippen LogP contribution in [0.1, 0.15) is 30.4 Å². The van der Waals surface area contributed by atoms with Crippen molar-refractivity contribution in [3.8, 4) is 11.8 Å². The number of aryl methyl sites for hydroxylation is 1. The molecule has 0 amide bonds. The van der Waals surface area contributed by atoms with Crippen LogP contribution in [0.4, 0.5) is 24.7 Å². The molecule has 5 rings (SSSR count). The van der Waals surface area contributed by atoms with Crippen LogP contribution < -0.4 is 14.4 Å². The predicted molar refractivity (Wildman–Crippen MR) is 131 cm³/mol. The maximum Gasteiger partial charge on any atom is 0.416 e. The molecule has 202 valence electrons. The Morgan fingerprint density at radius 2 is 1.74 bits per heavy atom. The van der Waals surface area contributed by atoms with Crippen molar-refractivity contribution in [3.63, 3.8) is 0 Å². The first kappa shape index (κ1) is 25.8. The number of nitrogens with zero attached hydrogens (tertiary/aromatic N) is 4. The van der Waals surface area contributed by atoms with E-state index in [0.29, 0.717) is 31.9 Å². The maximum atomic E-state index is 12.7.